The Labute approximate surface area is 170 Å². The van der Waals surface area contributed by atoms with Gasteiger partial charge in [0.2, 0.25) is 11.0 Å². The molecule has 1 fully saturated rings. The first-order valence-electron chi connectivity index (χ1n) is 9.66. The predicted octanol–water partition coefficient (Wildman–Crippen LogP) is 5.11. The summed E-state index contributed by atoms with van der Waals surface area (Å²) in [7, 11) is 0. The van der Waals surface area contributed by atoms with Gasteiger partial charge in [0.05, 0.1) is 5.25 Å². The lowest BCUT2D eigenvalue weighted by Crippen LogP contribution is -2.50. The van der Waals surface area contributed by atoms with Gasteiger partial charge in [-0.1, -0.05) is 42.2 Å². The van der Waals surface area contributed by atoms with E-state index in [2.05, 4.69) is 65.5 Å². The van der Waals surface area contributed by atoms with Crippen LogP contribution in [0.25, 0.3) is 0 Å². The van der Waals surface area contributed by atoms with Crippen LogP contribution in [0.5, 0.6) is 0 Å². The highest BCUT2D eigenvalue weighted by Gasteiger charge is 2.32. The fraction of sp³-hybridized carbons (Fsp3) is 0.550. The largest absolute Gasteiger partial charge is 0.336 e. The topological polar surface area (TPSA) is 58.1 Å². The minimum Gasteiger partial charge on any atom is -0.336 e. The van der Waals surface area contributed by atoms with Gasteiger partial charge < -0.3 is 10.2 Å². The van der Waals surface area contributed by atoms with Crippen molar-refractivity contribution in [3.63, 3.8) is 0 Å². The van der Waals surface area contributed by atoms with Gasteiger partial charge in [-0.2, -0.15) is 0 Å². The number of carbonyl (C=O) groups is 1. The van der Waals surface area contributed by atoms with Crippen LogP contribution in [0.1, 0.15) is 52.5 Å². The zero-order valence-corrected chi connectivity index (χ0v) is 18.1. The van der Waals surface area contributed by atoms with Gasteiger partial charge in [0.1, 0.15) is 0 Å². The number of nitrogens with zero attached hydrogens (tertiary/aromatic N) is 3. The van der Waals surface area contributed by atoms with Crippen molar-refractivity contribution in [3.05, 3.63) is 29.8 Å². The number of aromatic nitrogens is 2. The maximum atomic E-state index is 12.9. The number of likely N-dealkylation sites (tertiary alicyclic amines) is 1. The minimum atomic E-state index is -0.155. The minimum absolute atomic E-state index is 0.155. The predicted molar refractivity (Wildman–Crippen MR) is 114 cm³/mol. The number of anilines is 2. The zero-order valence-electron chi connectivity index (χ0n) is 16.4. The Balaban J connectivity index is 1.60. The molecule has 3 atom stereocenters. The Bertz CT molecular complexity index is 752. The third-order valence-corrected chi connectivity index (χ3v) is 7.10. The van der Waals surface area contributed by atoms with Gasteiger partial charge in [0.25, 0.3) is 0 Å². The number of piperidine rings is 1. The van der Waals surface area contributed by atoms with E-state index >= 15 is 0 Å². The van der Waals surface area contributed by atoms with Crippen LogP contribution in [0.2, 0.25) is 0 Å². The molecule has 0 radical (unpaired) electrons. The highest BCUT2D eigenvalue weighted by molar-refractivity contribution is 8.02. The lowest BCUT2D eigenvalue weighted by atomic mass is 9.97. The van der Waals surface area contributed by atoms with Crippen molar-refractivity contribution in [1.29, 1.82) is 0 Å². The van der Waals surface area contributed by atoms with E-state index in [-0.39, 0.29) is 11.2 Å². The van der Waals surface area contributed by atoms with Gasteiger partial charge in [0.15, 0.2) is 4.34 Å². The average molecular weight is 405 g/mol. The second kappa shape index (κ2) is 9.06. The van der Waals surface area contributed by atoms with Gasteiger partial charge in [-0.05, 0) is 64.2 Å². The van der Waals surface area contributed by atoms with E-state index in [0.29, 0.717) is 12.1 Å². The van der Waals surface area contributed by atoms with Crippen molar-refractivity contribution < 1.29 is 4.79 Å². The molecule has 1 aromatic heterocycles. The van der Waals surface area contributed by atoms with Gasteiger partial charge in [-0.15, -0.1) is 10.2 Å². The summed E-state index contributed by atoms with van der Waals surface area (Å²) in [5, 5.41) is 12.4. The van der Waals surface area contributed by atoms with E-state index in [1.807, 2.05) is 6.92 Å². The van der Waals surface area contributed by atoms with Crippen molar-refractivity contribution >= 4 is 39.8 Å². The zero-order chi connectivity index (χ0) is 19.4. The summed E-state index contributed by atoms with van der Waals surface area (Å²) in [6.45, 7) is 8.42. The molecule has 7 heteroatoms. The van der Waals surface area contributed by atoms with E-state index in [9.17, 15) is 4.79 Å². The Morgan fingerprint density at radius 1 is 1.26 bits per heavy atom. The summed E-state index contributed by atoms with van der Waals surface area (Å²) < 4.78 is 0.820. The van der Waals surface area contributed by atoms with Crippen LogP contribution >= 0.6 is 23.1 Å². The summed E-state index contributed by atoms with van der Waals surface area (Å²) in [6, 6.07) is 8.97. The Morgan fingerprint density at radius 3 is 2.56 bits per heavy atom. The van der Waals surface area contributed by atoms with Gasteiger partial charge >= 0.3 is 0 Å². The Kier molecular flexibility index (Phi) is 6.76. The van der Waals surface area contributed by atoms with Crippen molar-refractivity contribution in [2.24, 2.45) is 0 Å². The summed E-state index contributed by atoms with van der Waals surface area (Å²) in [6.07, 6.45) is 4.42. The Hall–Kier alpha value is -1.60. The number of carbonyl (C=O) groups excluding carboxylic acids is 1. The molecular formula is C20H28N4OS2. The lowest BCUT2D eigenvalue weighted by Gasteiger charge is -2.40. The molecule has 5 nitrogen and oxygen atoms in total. The van der Waals surface area contributed by atoms with Gasteiger partial charge in [0, 0.05) is 17.8 Å². The maximum Gasteiger partial charge on any atom is 0.236 e. The molecule has 27 heavy (non-hydrogen) atoms. The molecule has 0 saturated carbocycles. The van der Waals surface area contributed by atoms with E-state index in [0.717, 1.165) is 34.4 Å². The fourth-order valence-electron chi connectivity index (χ4n) is 3.52. The molecule has 0 unspecified atom stereocenters. The molecule has 0 bridgehead atoms. The molecule has 2 heterocycles. The number of benzene rings is 1. The van der Waals surface area contributed by atoms with Crippen molar-refractivity contribution in [1.82, 2.24) is 15.1 Å². The van der Waals surface area contributed by atoms with Crippen LogP contribution in [-0.4, -0.2) is 38.3 Å². The van der Waals surface area contributed by atoms with E-state index in [4.69, 9.17) is 0 Å². The van der Waals surface area contributed by atoms with E-state index in [1.54, 1.807) is 0 Å². The van der Waals surface area contributed by atoms with Crippen LogP contribution in [0.15, 0.2) is 28.6 Å². The van der Waals surface area contributed by atoms with Crippen LogP contribution in [0.4, 0.5) is 10.8 Å². The standard InChI is InChI=1S/C20H28N4OS2/c1-5-16-9-11-17(12-10-16)21-19-22-23-20(27-19)26-15(4)18(25)24-13(2)7-6-8-14(24)3/h9-15H,5-8H2,1-4H3,(H,21,22)/t13-,14-,15-/m0/s1. The second-order valence-corrected chi connectivity index (χ2v) is 9.75. The van der Waals surface area contributed by atoms with Crippen molar-refractivity contribution in [3.8, 4) is 0 Å². The smallest absolute Gasteiger partial charge is 0.236 e. The van der Waals surface area contributed by atoms with Crippen molar-refractivity contribution in [2.45, 2.75) is 75.1 Å². The first-order valence-corrected chi connectivity index (χ1v) is 11.4. The molecule has 3 rings (SSSR count). The van der Waals surface area contributed by atoms with Crippen LogP contribution in [0, 0.1) is 0 Å². The third kappa shape index (κ3) is 5.02. The SMILES string of the molecule is CCc1ccc(Nc2nnc(S[C@@H](C)C(=O)N3[C@@H](C)CCC[C@@H]3C)s2)cc1. The quantitative estimate of drug-likeness (QED) is 0.678. The molecular weight excluding hydrogens is 376 g/mol. The number of rotatable bonds is 6. The normalized spacial score (nSPS) is 21.1. The highest BCUT2D eigenvalue weighted by Crippen LogP contribution is 2.33. The Morgan fingerprint density at radius 2 is 1.93 bits per heavy atom. The average Bonchev–Trinajstić information content (AvgIpc) is 3.09. The highest BCUT2D eigenvalue weighted by atomic mass is 32.2. The molecule has 2 aromatic rings. The van der Waals surface area contributed by atoms with Crippen LogP contribution < -0.4 is 5.32 Å². The third-order valence-electron chi connectivity index (χ3n) is 5.09. The van der Waals surface area contributed by atoms with Crippen molar-refractivity contribution in [2.75, 3.05) is 5.32 Å². The number of hydrogen-bond donors (Lipinski definition) is 1. The first-order chi connectivity index (χ1) is 13.0. The molecule has 1 saturated heterocycles. The summed E-state index contributed by atoms with van der Waals surface area (Å²) in [5.41, 5.74) is 2.31. The number of amides is 1. The monoisotopic (exact) mass is 404 g/mol. The number of aryl methyl sites for hydroxylation is 1. The molecule has 0 aliphatic carbocycles. The fourth-order valence-corrected chi connectivity index (χ4v) is 5.50. The van der Waals surface area contributed by atoms with Crippen LogP contribution in [-0.2, 0) is 11.2 Å². The molecule has 0 spiro atoms. The molecule has 1 aromatic carbocycles. The van der Waals surface area contributed by atoms with Crippen LogP contribution in [0.3, 0.4) is 0 Å². The molecule has 1 aliphatic rings. The number of thioether (sulfide) groups is 1. The molecule has 1 aliphatic heterocycles. The summed E-state index contributed by atoms with van der Waals surface area (Å²) >= 11 is 2.99. The molecule has 1 amide bonds. The first kappa shape index (κ1) is 20.1. The maximum absolute atomic E-state index is 12.9. The van der Waals surface area contributed by atoms with Gasteiger partial charge in [-0.25, -0.2) is 0 Å². The molecule has 1 N–H and O–H groups in total. The summed E-state index contributed by atoms with van der Waals surface area (Å²) in [4.78, 5) is 15.0. The second-order valence-electron chi connectivity index (χ2n) is 7.18. The summed E-state index contributed by atoms with van der Waals surface area (Å²) in [5.74, 6) is 0.208. The van der Waals surface area contributed by atoms with E-state index in [1.165, 1.54) is 35.1 Å². The number of nitrogens with one attached hydrogen (secondary N) is 1. The molecule has 146 valence electrons. The lowest BCUT2D eigenvalue weighted by molar-refractivity contribution is -0.136. The van der Waals surface area contributed by atoms with Gasteiger partial charge in [-0.3, -0.25) is 4.79 Å². The number of hydrogen-bond acceptors (Lipinski definition) is 6. The van der Waals surface area contributed by atoms with E-state index < -0.39 is 0 Å².